The zero-order valence-corrected chi connectivity index (χ0v) is 16.8. The Kier molecular flexibility index (Phi) is 5.38. The van der Waals surface area contributed by atoms with E-state index in [4.69, 9.17) is 0 Å². The molecular formula is C22H31BN2O3. The summed E-state index contributed by atoms with van der Waals surface area (Å²) in [6.45, 7) is 6.86. The highest BCUT2D eigenvalue weighted by atomic mass is 16.4. The van der Waals surface area contributed by atoms with Crippen molar-refractivity contribution in [1.29, 1.82) is 0 Å². The van der Waals surface area contributed by atoms with Crippen molar-refractivity contribution in [3.05, 3.63) is 41.5 Å². The van der Waals surface area contributed by atoms with E-state index >= 15 is 0 Å². The first kappa shape index (κ1) is 19.7. The molecule has 0 amide bonds. The molecule has 0 aromatic heterocycles. The number of likely N-dealkylation sites (tertiary alicyclic amines) is 1. The van der Waals surface area contributed by atoms with Crippen molar-refractivity contribution >= 4 is 19.1 Å². The number of hydrogen-bond donors (Lipinski definition) is 3. The Hall–Kier alpha value is -1.63. The highest BCUT2D eigenvalue weighted by molar-refractivity contribution is 6.45. The van der Waals surface area contributed by atoms with E-state index in [1.54, 1.807) is 6.82 Å². The average molecular weight is 382 g/mol. The molecule has 6 heteroatoms. The van der Waals surface area contributed by atoms with Gasteiger partial charge >= 0.3 is 13.0 Å². The zero-order valence-electron chi connectivity index (χ0n) is 16.8. The summed E-state index contributed by atoms with van der Waals surface area (Å²) < 4.78 is 0. The van der Waals surface area contributed by atoms with E-state index in [0.717, 1.165) is 32.5 Å². The highest BCUT2D eigenvalue weighted by Gasteiger charge is 2.47. The molecule has 2 fully saturated rings. The quantitative estimate of drug-likeness (QED) is 0.632. The molecule has 1 aromatic carbocycles. The van der Waals surface area contributed by atoms with Gasteiger partial charge in [-0.25, -0.2) is 0 Å². The lowest BCUT2D eigenvalue weighted by molar-refractivity contribution is -0.143. The molecule has 150 valence electrons. The SMILES string of the molecule is CB(O)NC1CC1C(CCN1CC[C@@]2(C=Cc3ccccc32)[C@@H](C)C1)C(=O)O. The minimum Gasteiger partial charge on any atom is -0.481 e. The summed E-state index contributed by atoms with van der Waals surface area (Å²) in [5.41, 5.74) is 2.94. The van der Waals surface area contributed by atoms with E-state index in [2.05, 4.69) is 53.5 Å². The predicted octanol–water partition coefficient (Wildman–Crippen LogP) is 2.47. The third kappa shape index (κ3) is 3.65. The predicted molar refractivity (Wildman–Crippen MR) is 112 cm³/mol. The van der Waals surface area contributed by atoms with Gasteiger partial charge in [-0.1, -0.05) is 43.3 Å². The summed E-state index contributed by atoms with van der Waals surface area (Å²) in [7, 11) is -0.578. The monoisotopic (exact) mass is 382 g/mol. The van der Waals surface area contributed by atoms with Crippen LogP contribution in [0, 0.1) is 17.8 Å². The molecule has 1 saturated heterocycles. The van der Waals surface area contributed by atoms with Crippen molar-refractivity contribution in [2.45, 2.75) is 44.5 Å². The van der Waals surface area contributed by atoms with Crippen LogP contribution in [0.2, 0.25) is 6.82 Å². The summed E-state index contributed by atoms with van der Waals surface area (Å²) in [6, 6.07) is 8.85. The van der Waals surface area contributed by atoms with Crippen LogP contribution in [0.1, 0.15) is 37.3 Å². The van der Waals surface area contributed by atoms with E-state index in [1.807, 2.05) is 0 Å². The molecule has 2 aliphatic carbocycles. The molecule has 5 nitrogen and oxygen atoms in total. The lowest BCUT2D eigenvalue weighted by Crippen LogP contribution is -2.48. The lowest BCUT2D eigenvalue weighted by Gasteiger charge is -2.44. The van der Waals surface area contributed by atoms with Crippen LogP contribution in [0.25, 0.3) is 6.08 Å². The van der Waals surface area contributed by atoms with E-state index in [0.29, 0.717) is 12.3 Å². The van der Waals surface area contributed by atoms with Gasteiger partial charge in [0.25, 0.3) is 0 Å². The van der Waals surface area contributed by atoms with E-state index in [1.165, 1.54) is 11.1 Å². The fourth-order valence-electron chi connectivity index (χ4n) is 5.48. The largest absolute Gasteiger partial charge is 0.481 e. The first-order valence-electron chi connectivity index (χ1n) is 10.6. The number of carboxylic acid groups (broad SMARTS) is 1. The van der Waals surface area contributed by atoms with Crippen molar-refractivity contribution in [3.8, 4) is 0 Å². The summed E-state index contributed by atoms with van der Waals surface area (Å²) in [4.78, 5) is 14.2. The molecule has 0 bridgehead atoms. The number of nitrogens with zero attached hydrogens (tertiary/aromatic N) is 1. The molecule has 5 atom stereocenters. The molecule has 1 aliphatic heterocycles. The Morgan fingerprint density at radius 3 is 2.93 bits per heavy atom. The van der Waals surface area contributed by atoms with Gasteiger partial charge in [-0.2, -0.15) is 0 Å². The number of carbonyl (C=O) groups is 1. The molecule has 1 spiro atoms. The Bertz CT molecular complexity index is 768. The topological polar surface area (TPSA) is 72.8 Å². The minimum absolute atomic E-state index is 0.141. The van der Waals surface area contributed by atoms with E-state index in [-0.39, 0.29) is 23.3 Å². The third-order valence-electron chi connectivity index (χ3n) is 7.16. The van der Waals surface area contributed by atoms with Crippen LogP contribution in [0.15, 0.2) is 30.3 Å². The summed E-state index contributed by atoms with van der Waals surface area (Å²) in [6.07, 6.45) is 7.29. The first-order valence-corrected chi connectivity index (χ1v) is 10.6. The Balaban J connectivity index is 1.34. The van der Waals surface area contributed by atoms with Gasteiger partial charge in [-0.05, 0) is 62.1 Å². The number of carboxylic acids is 1. The van der Waals surface area contributed by atoms with Gasteiger partial charge in [0.05, 0.1) is 5.92 Å². The van der Waals surface area contributed by atoms with Gasteiger partial charge in [0.2, 0.25) is 0 Å². The molecule has 1 saturated carbocycles. The van der Waals surface area contributed by atoms with Gasteiger partial charge in [-0.3, -0.25) is 4.79 Å². The van der Waals surface area contributed by atoms with Crippen molar-refractivity contribution in [2.75, 3.05) is 19.6 Å². The van der Waals surface area contributed by atoms with Gasteiger partial charge in [-0.15, -0.1) is 0 Å². The Morgan fingerprint density at radius 1 is 1.43 bits per heavy atom. The van der Waals surface area contributed by atoms with E-state index in [9.17, 15) is 14.9 Å². The normalized spacial score (nSPS) is 32.3. The van der Waals surface area contributed by atoms with Crippen molar-refractivity contribution < 1.29 is 14.9 Å². The number of fused-ring (bicyclic) bond motifs is 2. The van der Waals surface area contributed by atoms with Gasteiger partial charge in [0, 0.05) is 18.0 Å². The fraction of sp³-hybridized carbons (Fsp3) is 0.591. The molecular weight excluding hydrogens is 351 g/mol. The highest BCUT2D eigenvalue weighted by Crippen LogP contribution is 2.47. The van der Waals surface area contributed by atoms with Crippen LogP contribution >= 0.6 is 0 Å². The number of benzene rings is 1. The van der Waals surface area contributed by atoms with Gasteiger partial charge in [0.15, 0.2) is 0 Å². The smallest absolute Gasteiger partial charge is 0.373 e. The fourth-order valence-corrected chi connectivity index (χ4v) is 5.48. The van der Waals surface area contributed by atoms with Crippen LogP contribution in [0.4, 0.5) is 0 Å². The second-order valence-corrected chi connectivity index (χ2v) is 8.99. The number of rotatable bonds is 7. The summed E-state index contributed by atoms with van der Waals surface area (Å²) in [5.74, 6) is -0.371. The zero-order chi connectivity index (χ0) is 19.9. The second-order valence-electron chi connectivity index (χ2n) is 8.99. The lowest BCUT2D eigenvalue weighted by atomic mass is 9.68. The van der Waals surface area contributed by atoms with Crippen LogP contribution in [-0.4, -0.2) is 53.7 Å². The summed E-state index contributed by atoms with van der Waals surface area (Å²) in [5, 5.41) is 22.2. The molecule has 0 radical (unpaired) electrons. The Labute approximate surface area is 168 Å². The van der Waals surface area contributed by atoms with Gasteiger partial charge in [0.1, 0.15) is 0 Å². The number of allylic oxidation sites excluding steroid dienone is 1. The molecule has 4 rings (SSSR count). The maximum Gasteiger partial charge on any atom is 0.373 e. The number of piperidine rings is 1. The first-order chi connectivity index (χ1) is 13.4. The van der Waals surface area contributed by atoms with Crippen LogP contribution in [0.5, 0.6) is 0 Å². The van der Waals surface area contributed by atoms with Gasteiger partial charge < -0.3 is 20.3 Å². The second kappa shape index (κ2) is 7.66. The molecule has 3 unspecified atom stereocenters. The maximum absolute atomic E-state index is 11.8. The van der Waals surface area contributed by atoms with Crippen LogP contribution < -0.4 is 5.23 Å². The summed E-state index contributed by atoms with van der Waals surface area (Å²) >= 11 is 0. The number of nitrogens with one attached hydrogen (secondary N) is 1. The minimum atomic E-state index is -0.700. The molecule has 3 N–H and O–H groups in total. The molecule has 3 aliphatic rings. The Morgan fingerprint density at radius 2 is 2.21 bits per heavy atom. The van der Waals surface area contributed by atoms with E-state index < -0.39 is 13.0 Å². The standard InChI is InChI=1S/C22H31BN2O3/c1-15-14-25(11-8-17(21(26)27)18-13-20(18)24-23(2)28)12-10-22(15)9-7-16-5-3-4-6-19(16)22/h3-7,9,15,17-18,20,24,28H,8,10-14H2,1-2H3,(H,26,27)/t15-,17?,18?,20?,22-/m0/s1. The molecule has 1 heterocycles. The molecule has 1 aromatic rings. The average Bonchev–Trinajstić information content (AvgIpc) is 3.28. The van der Waals surface area contributed by atoms with Crippen LogP contribution in [-0.2, 0) is 10.2 Å². The third-order valence-corrected chi connectivity index (χ3v) is 7.16. The number of aliphatic carboxylic acids is 1. The van der Waals surface area contributed by atoms with Crippen molar-refractivity contribution in [3.63, 3.8) is 0 Å². The van der Waals surface area contributed by atoms with Crippen LogP contribution in [0.3, 0.4) is 0 Å². The van der Waals surface area contributed by atoms with Crippen molar-refractivity contribution in [2.24, 2.45) is 17.8 Å². The van der Waals surface area contributed by atoms with Crippen molar-refractivity contribution in [1.82, 2.24) is 10.1 Å². The molecule has 28 heavy (non-hydrogen) atoms. The maximum atomic E-state index is 11.8. The number of hydrogen-bond acceptors (Lipinski definition) is 4.